The molecule has 4 heteroatoms. The molecule has 0 rings (SSSR count). The molecule has 0 radical (unpaired) electrons. The van der Waals surface area contributed by atoms with E-state index in [1.807, 2.05) is 0 Å². The highest BCUT2D eigenvalue weighted by molar-refractivity contribution is 5.79. The molecule has 0 aliphatic carbocycles. The van der Waals surface area contributed by atoms with Crippen molar-refractivity contribution in [1.29, 1.82) is 0 Å². The van der Waals surface area contributed by atoms with Gasteiger partial charge in [-0.1, -0.05) is 108 Å². The molecule has 0 atom stereocenters. The molecule has 29 heavy (non-hydrogen) atoms. The molecule has 0 fully saturated rings. The van der Waals surface area contributed by atoms with Gasteiger partial charge in [0.2, 0.25) is 0 Å². The molecule has 0 aromatic rings. The number of hydrogen-bond acceptors (Lipinski definition) is 2. The van der Waals surface area contributed by atoms with E-state index in [1.165, 1.54) is 108 Å². The van der Waals surface area contributed by atoms with Gasteiger partial charge in [0.05, 0.1) is 0 Å². The molecule has 0 saturated heterocycles. The third-order valence-electron chi connectivity index (χ3n) is 5.26. The maximum atomic E-state index is 10.3. The van der Waals surface area contributed by atoms with E-state index < -0.39 is 11.9 Å². The van der Waals surface area contributed by atoms with E-state index in [2.05, 4.69) is 0 Å². The second-order valence-corrected chi connectivity index (χ2v) is 8.07. The summed E-state index contributed by atoms with van der Waals surface area (Å²) in [6.45, 7) is 0. The van der Waals surface area contributed by atoms with Gasteiger partial charge in [0.25, 0.3) is 0 Å². The standard InChI is InChI=1S/C25H44O4/c26-24(27)22-20-18-16-14-12-10-8-6-4-2-1-3-5-7-9-11-13-15-17-19-21-23-25(28)29/h20-23H,1-19H2,(H,26,27)(H,28,29). The number of carboxylic acids is 2. The molecule has 0 aliphatic rings. The van der Waals surface area contributed by atoms with Gasteiger partial charge in [-0.2, -0.15) is 0 Å². The van der Waals surface area contributed by atoms with Gasteiger partial charge >= 0.3 is 11.9 Å². The van der Waals surface area contributed by atoms with Gasteiger partial charge in [0.15, 0.2) is 0 Å². The van der Waals surface area contributed by atoms with E-state index in [1.54, 1.807) is 12.2 Å². The minimum Gasteiger partial charge on any atom is -0.478 e. The van der Waals surface area contributed by atoms with Crippen molar-refractivity contribution in [2.75, 3.05) is 0 Å². The molecule has 0 aromatic heterocycles. The number of carboxylic acid groups (broad SMARTS) is 2. The largest absolute Gasteiger partial charge is 0.478 e. The van der Waals surface area contributed by atoms with Crippen molar-refractivity contribution in [2.24, 2.45) is 0 Å². The van der Waals surface area contributed by atoms with Gasteiger partial charge in [-0.05, 0) is 25.7 Å². The first-order valence-corrected chi connectivity index (χ1v) is 11.9. The van der Waals surface area contributed by atoms with E-state index in [-0.39, 0.29) is 0 Å². The van der Waals surface area contributed by atoms with Crippen LogP contribution in [0.5, 0.6) is 0 Å². The Morgan fingerprint density at radius 2 is 0.621 bits per heavy atom. The summed E-state index contributed by atoms with van der Waals surface area (Å²) in [5.41, 5.74) is 0. The van der Waals surface area contributed by atoms with Gasteiger partial charge in [-0.15, -0.1) is 0 Å². The van der Waals surface area contributed by atoms with Crippen LogP contribution in [-0.4, -0.2) is 22.2 Å². The second-order valence-electron chi connectivity index (χ2n) is 8.07. The van der Waals surface area contributed by atoms with Crippen LogP contribution in [0.15, 0.2) is 24.3 Å². The van der Waals surface area contributed by atoms with E-state index in [4.69, 9.17) is 10.2 Å². The smallest absolute Gasteiger partial charge is 0.327 e. The summed E-state index contributed by atoms with van der Waals surface area (Å²) < 4.78 is 0. The van der Waals surface area contributed by atoms with Crippen molar-refractivity contribution in [1.82, 2.24) is 0 Å². The van der Waals surface area contributed by atoms with Crippen LogP contribution in [0.25, 0.3) is 0 Å². The van der Waals surface area contributed by atoms with Crippen LogP contribution in [-0.2, 0) is 9.59 Å². The van der Waals surface area contributed by atoms with Gasteiger partial charge in [-0.3, -0.25) is 0 Å². The fourth-order valence-electron chi connectivity index (χ4n) is 3.54. The molecule has 168 valence electrons. The first kappa shape index (κ1) is 27.4. The maximum Gasteiger partial charge on any atom is 0.327 e. The van der Waals surface area contributed by atoms with E-state index in [0.29, 0.717) is 0 Å². The number of aliphatic carboxylic acids is 2. The molecular weight excluding hydrogens is 364 g/mol. The normalized spacial score (nSPS) is 11.6. The zero-order chi connectivity index (χ0) is 21.4. The number of rotatable bonds is 22. The molecule has 0 unspecified atom stereocenters. The minimum atomic E-state index is -0.846. The van der Waals surface area contributed by atoms with E-state index in [0.717, 1.165) is 25.7 Å². The fourth-order valence-corrected chi connectivity index (χ4v) is 3.54. The third-order valence-corrected chi connectivity index (χ3v) is 5.26. The van der Waals surface area contributed by atoms with Crippen LogP contribution in [0.1, 0.15) is 122 Å². The summed E-state index contributed by atoms with van der Waals surface area (Å²) in [6.07, 6.45) is 29.9. The predicted molar refractivity (Wildman–Crippen MR) is 121 cm³/mol. The first-order valence-electron chi connectivity index (χ1n) is 11.9. The van der Waals surface area contributed by atoms with Gasteiger partial charge in [-0.25, -0.2) is 9.59 Å². The average Bonchev–Trinajstić information content (AvgIpc) is 2.68. The second kappa shape index (κ2) is 22.7. The van der Waals surface area contributed by atoms with Gasteiger partial charge < -0.3 is 10.2 Å². The highest BCUT2D eigenvalue weighted by atomic mass is 16.4. The van der Waals surface area contributed by atoms with Crippen molar-refractivity contribution < 1.29 is 19.8 Å². The SMILES string of the molecule is O=C(O)C=CCCCCCCCCCCCCCCCCCCCC=CC(=O)O. The molecule has 2 N–H and O–H groups in total. The number of allylic oxidation sites excluding steroid dienone is 2. The predicted octanol–water partition coefficient (Wildman–Crippen LogP) is 7.68. The van der Waals surface area contributed by atoms with E-state index >= 15 is 0 Å². The lowest BCUT2D eigenvalue weighted by atomic mass is 10.0. The Morgan fingerprint density at radius 3 is 0.828 bits per heavy atom. The Labute approximate surface area is 178 Å². The minimum absolute atomic E-state index is 0.846. The Hall–Kier alpha value is -1.58. The number of hydrogen-bond donors (Lipinski definition) is 2. The summed E-state index contributed by atoms with van der Waals surface area (Å²) >= 11 is 0. The summed E-state index contributed by atoms with van der Waals surface area (Å²) in [5, 5.41) is 17.0. The number of unbranched alkanes of at least 4 members (excludes halogenated alkanes) is 18. The highest BCUT2D eigenvalue weighted by Gasteiger charge is 1.95. The van der Waals surface area contributed by atoms with Gasteiger partial charge in [0.1, 0.15) is 0 Å². The highest BCUT2D eigenvalue weighted by Crippen LogP contribution is 2.14. The lowest BCUT2D eigenvalue weighted by Crippen LogP contribution is -1.86. The van der Waals surface area contributed by atoms with Crippen LogP contribution in [0.3, 0.4) is 0 Å². The van der Waals surface area contributed by atoms with Crippen LogP contribution in [0.2, 0.25) is 0 Å². The van der Waals surface area contributed by atoms with Crippen LogP contribution in [0, 0.1) is 0 Å². The maximum absolute atomic E-state index is 10.3. The zero-order valence-electron chi connectivity index (χ0n) is 18.5. The molecule has 0 spiro atoms. The average molecular weight is 409 g/mol. The van der Waals surface area contributed by atoms with Crippen LogP contribution in [0.4, 0.5) is 0 Å². The molecule has 0 aliphatic heterocycles. The molecule has 4 nitrogen and oxygen atoms in total. The summed E-state index contributed by atoms with van der Waals surface area (Å²) in [7, 11) is 0. The van der Waals surface area contributed by atoms with Crippen molar-refractivity contribution in [3.05, 3.63) is 24.3 Å². The summed E-state index contributed by atoms with van der Waals surface area (Å²) in [5.74, 6) is -1.69. The first-order chi connectivity index (χ1) is 14.1. The summed E-state index contributed by atoms with van der Waals surface area (Å²) in [6, 6.07) is 0. The van der Waals surface area contributed by atoms with E-state index in [9.17, 15) is 9.59 Å². The molecule has 0 aromatic carbocycles. The summed E-state index contributed by atoms with van der Waals surface area (Å²) in [4.78, 5) is 20.6. The lowest BCUT2D eigenvalue weighted by Gasteiger charge is -2.03. The molecule has 0 heterocycles. The third kappa shape index (κ3) is 26.4. The topological polar surface area (TPSA) is 74.6 Å². The Kier molecular flexibility index (Phi) is 21.5. The molecular formula is C25H44O4. The Morgan fingerprint density at radius 1 is 0.414 bits per heavy atom. The number of carbonyl (C=O) groups is 2. The molecule has 0 bridgehead atoms. The van der Waals surface area contributed by atoms with Crippen molar-refractivity contribution in [2.45, 2.75) is 122 Å². The van der Waals surface area contributed by atoms with Crippen molar-refractivity contribution >= 4 is 11.9 Å². The van der Waals surface area contributed by atoms with Crippen molar-refractivity contribution in [3.8, 4) is 0 Å². The Balaban J connectivity index is 3.08. The zero-order valence-corrected chi connectivity index (χ0v) is 18.5. The quantitative estimate of drug-likeness (QED) is 0.142. The van der Waals surface area contributed by atoms with Crippen LogP contribution < -0.4 is 0 Å². The van der Waals surface area contributed by atoms with Crippen LogP contribution >= 0.6 is 0 Å². The fraction of sp³-hybridized carbons (Fsp3) is 0.760. The molecule has 0 amide bonds. The van der Waals surface area contributed by atoms with Gasteiger partial charge in [0, 0.05) is 12.2 Å². The monoisotopic (exact) mass is 408 g/mol. The molecule has 0 saturated carbocycles. The Bertz CT molecular complexity index is 400. The lowest BCUT2D eigenvalue weighted by molar-refractivity contribution is -0.132. The van der Waals surface area contributed by atoms with Crippen molar-refractivity contribution in [3.63, 3.8) is 0 Å².